The molecular formula is C13H12FNO4. The Morgan fingerprint density at radius 1 is 1.47 bits per heavy atom. The Labute approximate surface area is 109 Å². The lowest BCUT2D eigenvalue weighted by molar-refractivity contribution is 0.0491. The van der Waals surface area contributed by atoms with Crippen LogP contribution in [0.15, 0.2) is 29.0 Å². The third-order valence-electron chi connectivity index (χ3n) is 2.45. The number of hydrogen-bond acceptors (Lipinski definition) is 5. The number of aromatic nitrogens is 1. The molecule has 0 aliphatic rings. The van der Waals surface area contributed by atoms with Crippen LogP contribution >= 0.6 is 0 Å². The van der Waals surface area contributed by atoms with Gasteiger partial charge in [0.15, 0.2) is 6.39 Å². The van der Waals surface area contributed by atoms with Gasteiger partial charge in [0.2, 0.25) is 5.76 Å². The number of carbonyl (C=O) groups excluding carboxylic acids is 1. The summed E-state index contributed by atoms with van der Waals surface area (Å²) in [4.78, 5) is 15.7. The van der Waals surface area contributed by atoms with Gasteiger partial charge in [-0.25, -0.2) is 14.2 Å². The highest BCUT2D eigenvalue weighted by Crippen LogP contribution is 2.32. The molecule has 0 amide bonds. The zero-order valence-corrected chi connectivity index (χ0v) is 10.5. The number of methoxy groups -OCH3 is 1. The Kier molecular flexibility index (Phi) is 3.79. The fourth-order valence-corrected chi connectivity index (χ4v) is 1.64. The summed E-state index contributed by atoms with van der Waals surface area (Å²) in [5.41, 5.74) is 0.719. The van der Waals surface area contributed by atoms with E-state index in [9.17, 15) is 9.18 Å². The average molecular weight is 265 g/mol. The Morgan fingerprint density at radius 2 is 2.26 bits per heavy atom. The summed E-state index contributed by atoms with van der Waals surface area (Å²) in [6.07, 6.45) is 1.13. The van der Waals surface area contributed by atoms with Crippen LogP contribution in [0.5, 0.6) is 5.75 Å². The van der Waals surface area contributed by atoms with Crippen LogP contribution in [0.4, 0.5) is 4.39 Å². The molecule has 0 radical (unpaired) electrons. The minimum atomic E-state index is -0.624. The number of ether oxygens (including phenoxy) is 2. The number of oxazole rings is 1. The number of carbonyl (C=O) groups is 1. The van der Waals surface area contributed by atoms with E-state index in [1.807, 2.05) is 0 Å². The van der Waals surface area contributed by atoms with Gasteiger partial charge in [-0.05, 0) is 19.1 Å². The quantitative estimate of drug-likeness (QED) is 0.795. The first-order valence-corrected chi connectivity index (χ1v) is 5.62. The van der Waals surface area contributed by atoms with Crippen molar-refractivity contribution in [3.63, 3.8) is 0 Å². The van der Waals surface area contributed by atoms with E-state index in [2.05, 4.69) is 4.98 Å². The third-order valence-corrected chi connectivity index (χ3v) is 2.45. The normalized spacial score (nSPS) is 10.3. The zero-order valence-electron chi connectivity index (χ0n) is 10.5. The predicted octanol–water partition coefficient (Wildman–Crippen LogP) is 2.67. The van der Waals surface area contributed by atoms with E-state index < -0.39 is 11.8 Å². The number of rotatable bonds is 4. The molecule has 2 aromatic rings. The number of hydrogen-bond donors (Lipinski definition) is 0. The summed E-state index contributed by atoms with van der Waals surface area (Å²) < 4.78 is 28.1. The summed E-state index contributed by atoms with van der Waals surface area (Å²) in [6.45, 7) is 1.91. The summed E-state index contributed by atoms with van der Waals surface area (Å²) in [5.74, 6) is -0.839. The SMILES string of the molecule is CCOC(=O)c1ocnc1-c1ccc(F)cc1OC. The van der Waals surface area contributed by atoms with E-state index in [1.165, 1.54) is 25.3 Å². The van der Waals surface area contributed by atoms with E-state index in [0.29, 0.717) is 5.56 Å². The summed E-state index contributed by atoms with van der Waals surface area (Å²) in [6, 6.07) is 3.93. The van der Waals surface area contributed by atoms with Crippen LogP contribution in [0, 0.1) is 5.82 Å². The summed E-state index contributed by atoms with van der Waals surface area (Å²) >= 11 is 0. The second-order valence-corrected chi connectivity index (χ2v) is 3.60. The minimum absolute atomic E-state index is 0.0354. The van der Waals surface area contributed by atoms with Crippen molar-refractivity contribution in [2.45, 2.75) is 6.92 Å². The number of esters is 1. The number of benzene rings is 1. The van der Waals surface area contributed by atoms with E-state index in [4.69, 9.17) is 13.9 Å². The Bertz CT molecular complexity index is 594. The van der Waals surface area contributed by atoms with Gasteiger partial charge in [-0.3, -0.25) is 0 Å². The first-order valence-electron chi connectivity index (χ1n) is 5.62. The number of nitrogens with zero attached hydrogens (tertiary/aromatic N) is 1. The van der Waals surface area contributed by atoms with Crippen LogP contribution in [0.2, 0.25) is 0 Å². The molecule has 0 atom stereocenters. The van der Waals surface area contributed by atoms with Gasteiger partial charge < -0.3 is 13.9 Å². The van der Waals surface area contributed by atoms with Gasteiger partial charge in [-0.15, -0.1) is 0 Å². The lowest BCUT2D eigenvalue weighted by Crippen LogP contribution is -2.05. The van der Waals surface area contributed by atoms with Crippen molar-refractivity contribution in [1.82, 2.24) is 4.98 Å². The van der Waals surface area contributed by atoms with Gasteiger partial charge in [0.05, 0.1) is 13.7 Å². The first-order chi connectivity index (χ1) is 9.17. The van der Waals surface area contributed by atoms with E-state index in [1.54, 1.807) is 6.92 Å². The molecule has 1 aromatic carbocycles. The average Bonchev–Trinajstić information content (AvgIpc) is 2.88. The smallest absolute Gasteiger partial charge is 0.376 e. The van der Waals surface area contributed by atoms with Gasteiger partial charge in [-0.2, -0.15) is 0 Å². The molecule has 0 fully saturated rings. The molecule has 0 spiro atoms. The van der Waals surface area contributed by atoms with Gasteiger partial charge in [0, 0.05) is 11.6 Å². The zero-order chi connectivity index (χ0) is 13.8. The Morgan fingerprint density at radius 3 is 2.95 bits per heavy atom. The van der Waals surface area contributed by atoms with Crippen LogP contribution in [-0.4, -0.2) is 24.7 Å². The van der Waals surface area contributed by atoms with Crippen molar-refractivity contribution in [2.24, 2.45) is 0 Å². The van der Waals surface area contributed by atoms with Gasteiger partial charge >= 0.3 is 5.97 Å². The maximum atomic E-state index is 13.1. The van der Waals surface area contributed by atoms with Crippen molar-refractivity contribution in [1.29, 1.82) is 0 Å². The molecule has 19 heavy (non-hydrogen) atoms. The van der Waals surface area contributed by atoms with Crippen LogP contribution in [0.25, 0.3) is 11.3 Å². The van der Waals surface area contributed by atoms with Crippen LogP contribution in [-0.2, 0) is 4.74 Å². The van der Waals surface area contributed by atoms with E-state index in [-0.39, 0.29) is 23.8 Å². The largest absolute Gasteiger partial charge is 0.496 e. The summed E-state index contributed by atoms with van der Waals surface area (Å²) in [5, 5.41) is 0. The molecule has 0 bridgehead atoms. The van der Waals surface area contributed by atoms with Gasteiger partial charge in [0.25, 0.3) is 0 Å². The molecular weight excluding hydrogens is 253 g/mol. The first kappa shape index (κ1) is 13.1. The topological polar surface area (TPSA) is 61.6 Å². The Balaban J connectivity index is 2.48. The number of halogens is 1. The fraction of sp³-hybridized carbons (Fsp3) is 0.231. The maximum Gasteiger partial charge on any atom is 0.376 e. The van der Waals surface area contributed by atoms with Crippen molar-refractivity contribution >= 4 is 5.97 Å². The van der Waals surface area contributed by atoms with Gasteiger partial charge in [0.1, 0.15) is 17.3 Å². The molecule has 1 aromatic heterocycles. The lowest BCUT2D eigenvalue weighted by Gasteiger charge is -2.07. The molecule has 0 N–H and O–H groups in total. The maximum absolute atomic E-state index is 13.1. The molecule has 0 saturated carbocycles. The monoisotopic (exact) mass is 265 g/mol. The standard InChI is InChI=1S/C13H12FNO4/c1-3-18-13(16)12-11(15-7-19-12)9-5-4-8(14)6-10(9)17-2/h4-7H,3H2,1-2H3. The van der Waals surface area contributed by atoms with Crippen molar-refractivity contribution in [3.8, 4) is 17.0 Å². The minimum Gasteiger partial charge on any atom is -0.496 e. The highest BCUT2D eigenvalue weighted by Gasteiger charge is 2.22. The lowest BCUT2D eigenvalue weighted by atomic mass is 10.1. The second kappa shape index (κ2) is 5.51. The molecule has 0 aliphatic carbocycles. The fourth-order valence-electron chi connectivity index (χ4n) is 1.64. The van der Waals surface area contributed by atoms with Crippen LogP contribution in [0.3, 0.4) is 0 Å². The van der Waals surface area contributed by atoms with Crippen molar-refractivity contribution < 1.29 is 23.1 Å². The second-order valence-electron chi connectivity index (χ2n) is 3.60. The van der Waals surface area contributed by atoms with Gasteiger partial charge in [-0.1, -0.05) is 0 Å². The van der Waals surface area contributed by atoms with Crippen LogP contribution < -0.4 is 4.74 Å². The Hall–Kier alpha value is -2.37. The van der Waals surface area contributed by atoms with Crippen molar-refractivity contribution in [2.75, 3.05) is 13.7 Å². The molecule has 6 heteroatoms. The highest BCUT2D eigenvalue weighted by atomic mass is 19.1. The molecule has 100 valence electrons. The van der Waals surface area contributed by atoms with Crippen LogP contribution in [0.1, 0.15) is 17.5 Å². The highest BCUT2D eigenvalue weighted by molar-refractivity contribution is 5.94. The molecule has 0 aliphatic heterocycles. The molecule has 5 nitrogen and oxygen atoms in total. The summed E-state index contributed by atoms with van der Waals surface area (Å²) in [7, 11) is 1.41. The molecule has 0 unspecified atom stereocenters. The van der Waals surface area contributed by atoms with E-state index in [0.717, 1.165) is 6.39 Å². The van der Waals surface area contributed by atoms with E-state index >= 15 is 0 Å². The third kappa shape index (κ3) is 2.57. The predicted molar refractivity (Wildman–Crippen MR) is 64.4 cm³/mol. The molecule has 1 heterocycles. The molecule has 0 saturated heterocycles. The van der Waals surface area contributed by atoms with Crippen molar-refractivity contribution in [3.05, 3.63) is 36.2 Å². The molecule has 2 rings (SSSR count).